The molecule has 0 N–H and O–H groups in total. The molecule has 0 bridgehead atoms. The van der Waals surface area contributed by atoms with Gasteiger partial charge < -0.3 is 4.74 Å². The number of hydrogen-bond acceptors (Lipinski definition) is 5. The standard InChI is InChI=1S/C20H21N3O4S/c1-15-14-19(24)23-12-4-7-18(20(23)21-15)27-13-5-6-16-8-10-17(11-9-16)28(25,26)22(2)3/h4-12,14H,13H2,1-3H3. The van der Waals surface area contributed by atoms with Crippen molar-refractivity contribution in [1.82, 2.24) is 13.7 Å². The highest BCUT2D eigenvalue weighted by atomic mass is 32.2. The van der Waals surface area contributed by atoms with E-state index >= 15 is 0 Å². The van der Waals surface area contributed by atoms with Gasteiger partial charge >= 0.3 is 0 Å². The Bertz CT molecular complexity index is 1180. The summed E-state index contributed by atoms with van der Waals surface area (Å²) in [4.78, 5) is 16.6. The molecule has 3 aromatic rings. The molecule has 0 saturated heterocycles. The van der Waals surface area contributed by atoms with Gasteiger partial charge in [0, 0.05) is 32.1 Å². The van der Waals surface area contributed by atoms with Crippen LogP contribution in [0.5, 0.6) is 5.75 Å². The molecule has 8 heteroatoms. The Morgan fingerprint density at radius 2 is 1.89 bits per heavy atom. The number of fused-ring (bicyclic) bond motifs is 1. The summed E-state index contributed by atoms with van der Waals surface area (Å²) >= 11 is 0. The zero-order valence-corrected chi connectivity index (χ0v) is 16.7. The largest absolute Gasteiger partial charge is 0.486 e. The van der Waals surface area contributed by atoms with Gasteiger partial charge in [-0.25, -0.2) is 17.7 Å². The van der Waals surface area contributed by atoms with Crippen LogP contribution in [-0.4, -0.2) is 42.8 Å². The van der Waals surface area contributed by atoms with E-state index in [-0.39, 0.29) is 17.1 Å². The quantitative estimate of drug-likeness (QED) is 0.636. The van der Waals surface area contributed by atoms with E-state index < -0.39 is 10.0 Å². The topological polar surface area (TPSA) is 81.0 Å². The van der Waals surface area contributed by atoms with Gasteiger partial charge in [-0.2, -0.15) is 0 Å². The lowest BCUT2D eigenvalue weighted by Crippen LogP contribution is -2.22. The molecule has 1 aromatic carbocycles. The third kappa shape index (κ3) is 4.13. The highest BCUT2D eigenvalue weighted by molar-refractivity contribution is 7.89. The van der Waals surface area contributed by atoms with Gasteiger partial charge in [-0.3, -0.25) is 9.20 Å². The first-order chi connectivity index (χ1) is 13.3. The van der Waals surface area contributed by atoms with Crippen molar-refractivity contribution in [2.75, 3.05) is 20.7 Å². The first kappa shape index (κ1) is 19.8. The second kappa shape index (κ2) is 7.95. The maximum Gasteiger partial charge on any atom is 0.258 e. The van der Waals surface area contributed by atoms with E-state index in [1.54, 1.807) is 49.5 Å². The smallest absolute Gasteiger partial charge is 0.258 e. The Balaban J connectivity index is 1.71. The second-order valence-corrected chi connectivity index (χ2v) is 8.52. The molecule has 0 aliphatic rings. The molecular weight excluding hydrogens is 378 g/mol. The lowest BCUT2D eigenvalue weighted by molar-refractivity contribution is 0.365. The molecule has 0 radical (unpaired) electrons. The fraction of sp³-hybridized carbons (Fsp3) is 0.200. The van der Waals surface area contributed by atoms with E-state index in [2.05, 4.69) is 4.98 Å². The van der Waals surface area contributed by atoms with Crippen LogP contribution in [-0.2, 0) is 10.0 Å². The summed E-state index contributed by atoms with van der Waals surface area (Å²) in [5.41, 5.74) is 1.80. The van der Waals surface area contributed by atoms with Crippen LogP contribution in [0.4, 0.5) is 0 Å². The minimum Gasteiger partial charge on any atom is -0.486 e. The Hall–Kier alpha value is -2.97. The molecule has 0 amide bonds. The zero-order chi connectivity index (χ0) is 20.3. The van der Waals surface area contributed by atoms with Gasteiger partial charge in [0.2, 0.25) is 10.0 Å². The van der Waals surface area contributed by atoms with Gasteiger partial charge in [0.1, 0.15) is 6.61 Å². The van der Waals surface area contributed by atoms with Gasteiger partial charge in [-0.1, -0.05) is 18.2 Å². The lowest BCUT2D eigenvalue weighted by atomic mass is 10.2. The number of nitrogens with zero attached hydrogens (tertiary/aromatic N) is 3. The minimum absolute atomic E-state index is 0.156. The molecule has 28 heavy (non-hydrogen) atoms. The fourth-order valence-corrected chi connectivity index (χ4v) is 3.51. The molecule has 0 unspecified atom stereocenters. The molecule has 0 atom stereocenters. The van der Waals surface area contributed by atoms with Crippen LogP contribution in [0.3, 0.4) is 0 Å². The summed E-state index contributed by atoms with van der Waals surface area (Å²) in [6.07, 6.45) is 5.30. The minimum atomic E-state index is -3.43. The summed E-state index contributed by atoms with van der Waals surface area (Å²) in [5, 5.41) is 0. The van der Waals surface area contributed by atoms with E-state index in [4.69, 9.17) is 4.74 Å². The van der Waals surface area contributed by atoms with Crippen molar-refractivity contribution >= 4 is 21.7 Å². The third-order valence-corrected chi connectivity index (χ3v) is 5.92. The molecule has 3 rings (SSSR count). The van der Waals surface area contributed by atoms with Crippen molar-refractivity contribution in [3.63, 3.8) is 0 Å². The van der Waals surface area contributed by atoms with Gasteiger partial charge in [0.05, 0.1) is 4.90 Å². The number of pyridine rings is 1. The van der Waals surface area contributed by atoms with Crippen molar-refractivity contribution < 1.29 is 13.2 Å². The normalized spacial score (nSPS) is 12.1. The number of rotatable bonds is 6. The molecule has 2 heterocycles. The van der Waals surface area contributed by atoms with Gasteiger partial charge in [0.25, 0.3) is 5.56 Å². The molecule has 0 aliphatic carbocycles. The van der Waals surface area contributed by atoms with Crippen LogP contribution < -0.4 is 10.3 Å². The number of benzene rings is 1. The van der Waals surface area contributed by atoms with Crippen LogP contribution in [0, 0.1) is 6.92 Å². The highest BCUT2D eigenvalue weighted by Crippen LogP contribution is 2.17. The molecule has 2 aromatic heterocycles. The molecule has 0 spiro atoms. The van der Waals surface area contributed by atoms with Crippen molar-refractivity contribution in [3.8, 4) is 5.75 Å². The molecule has 146 valence electrons. The highest BCUT2D eigenvalue weighted by Gasteiger charge is 2.16. The average molecular weight is 399 g/mol. The monoisotopic (exact) mass is 399 g/mol. The summed E-state index contributed by atoms with van der Waals surface area (Å²) < 4.78 is 32.5. The van der Waals surface area contributed by atoms with Crippen molar-refractivity contribution in [1.29, 1.82) is 0 Å². The number of aromatic nitrogens is 2. The van der Waals surface area contributed by atoms with E-state index in [0.29, 0.717) is 17.1 Å². The van der Waals surface area contributed by atoms with E-state index in [1.807, 2.05) is 12.2 Å². The summed E-state index contributed by atoms with van der Waals surface area (Å²) in [5.74, 6) is 0.514. The Morgan fingerprint density at radius 3 is 2.57 bits per heavy atom. The molecule has 0 aliphatic heterocycles. The zero-order valence-electron chi connectivity index (χ0n) is 15.9. The van der Waals surface area contributed by atoms with Crippen LogP contribution in [0.1, 0.15) is 11.3 Å². The average Bonchev–Trinajstić information content (AvgIpc) is 2.65. The predicted octanol–water partition coefficient (Wildman–Crippen LogP) is 2.35. The Morgan fingerprint density at radius 1 is 1.18 bits per heavy atom. The number of ether oxygens (including phenoxy) is 1. The fourth-order valence-electron chi connectivity index (χ4n) is 2.61. The molecule has 0 fully saturated rings. The third-order valence-electron chi connectivity index (χ3n) is 4.09. The van der Waals surface area contributed by atoms with Crippen molar-refractivity contribution in [2.24, 2.45) is 0 Å². The second-order valence-electron chi connectivity index (χ2n) is 6.37. The number of sulfonamides is 1. The molecular formula is C20H21N3O4S. The van der Waals surface area contributed by atoms with Crippen LogP contribution in [0.25, 0.3) is 11.7 Å². The Kier molecular flexibility index (Phi) is 5.62. The first-order valence-corrected chi connectivity index (χ1v) is 10.0. The van der Waals surface area contributed by atoms with Gasteiger partial charge in [-0.15, -0.1) is 0 Å². The SMILES string of the molecule is Cc1cc(=O)n2cccc(OCC=Cc3ccc(S(=O)(=O)N(C)C)cc3)c2n1. The van der Waals surface area contributed by atoms with Crippen LogP contribution in [0.2, 0.25) is 0 Å². The van der Waals surface area contributed by atoms with E-state index in [9.17, 15) is 13.2 Å². The van der Waals surface area contributed by atoms with E-state index in [1.165, 1.54) is 28.9 Å². The van der Waals surface area contributed by atoms with Crippen LogP contribution in [0.15, 0.2) is 64.4 Å². The summed E-state index contributed by atoms with van der Waals surface area (Å²) in [6.45, 7) is 2.04. The van der Waals surface area contributed by atoms with E-state index in [0.717, 1.165) is 5.56 Å². The van der Waals surface area contributed by atoms with Crippen LogP contribution >= 0.6 is 0 Å². The number of hydrogen-bond donors (Lipinski definition) is 0. The lowest BCUT2D eigenvalue weighted by Gasteiger charge is -2.11. The molecule has 7 nitrogen and oxygen atoms in total. The summed E-state index contributed by atoms with van der Waals surface area (Å²) in [6, 6.07) is 11.6. The van der Waals surface area contributed by atoms with Gasteiger partial charge in [0.15, 0.2) is 11.4 Å². The van der Waals surface area contributed by atoms with Crippen molar-refractivity contribution in [3.05, 3.63) is 76.3 Å². The Labute approximate surface area is 163 Å². The van der Waals surface area contributed by atoms with Crippen molar-refractivity contribution in [2.45, 2.75) is 11.8 Å². The maximum absolute atomic E-state index is 12.1. The van der Waals surface area contributed by atoms with Gasteiger partial charge in [-0.05, 0) is 42.8 Å². The predicted molar refractivity (Wildman–Crippen MR) is 108 cm³/mol. The molecule has 0 saturated carbocycles. The maximum atomic E-state index is 12.1. The summed E-state index contributed by atoms with van der Waals surface area (Å²) in [7, 11) is -0.437. The number of aryl methyl sites for hydroxylation is 1. The first-order valence-electron chi connectivity index (χ1n) is 8.60.